The lowest BCUT2D eigenvalue weighted by atomic mass is 10.3. The lowest BCUT2D eigenvalue weighted by Crippen LogP contribution is -2.35. The SMILES string of the molecule is CC(C)NC[C@H](O)COc1c(F)cc(Br)cc1F. The fourth-order valence-corrected chi connectivity index (χ4v) is 1.68. The molecule has 0 fully saturated rings. The minimum Gasteiger partial charge on any atom is -0.485 e. The minimum atomic E-state index is -0.824. The molecule has 2 N–H and O–H groups in total. The molecule has 0 aliphatic heterocycles. The Balaban J connectivity index is 2.53. The number of rotatable bonds is 6. The second kappa shape index (κ2) is 7.01. The smallest absolute Gasteiger partial charge is 0.190 e. The van der Waals surface area contributed by atoms with Crippen LogP contribution in [-0.2, 0) is 0 Å². The molecule has 1 aromatic rings. The molecule has 18 heavy (non-hydrogen) atoms. The Kier molecular flexibility index (Phi) is 5.98. The van der Waals surface area contributed by atoms with Gasteiger partial charge in [-0.15, -0.1) is 0 Å². The first-order chi connectivity index (χ1) is 8.40. The van der Waals surface area contributed by atoms with Crippen LogP contribution in [0, 0.1) is 11.6 Å². The highest BCUT2D eigenvalue weighted by Crippen LogP contribution is 2.25. The fourth-order valence-electron chi connectivity index (χ4n) is 1.28. The summed E-state index contributed by atoms with van der Waals surface area (Å²) in [5.41, 5.74) is 0. The van der Waals surface area contributed by atoms with Gasteiger partial charge >= 0.3 is 0 Å². The third-order valence-electron chi connectivity index (χ3n) is 2.14. The van der Waals surface area contributed by atoms with Crippen molar-refractivity contribution in [3.63, 3.8) is 0 Å². The number of halogens is 3. The first-order valence-corrected chi connectivity index (χ1v) is 6.38. The predicted octanol–water partition coefficient (Wildman–Crippen LogP) is 2.47. The van der Waals surface area contributed by atoms with Gasteiger partial charge in [-0.05, 0) is 12.1 Å². The van der Waals surface area contributed by atoms with Crippen LogP contribution in [0.25, 0.3) is 0 Å². The van der Waals surface area contributed by atoms with Gasteiger partial charge in [0.25, 0.3) is 0 Å². The molecule has 6 heteroatoms. The van der Waals surface area contributed by atoms with Gasteiger partial charge in [0.15, 0.2) is 17.4 Å². The third kappa shape index (κ3) is 4.88. The number of ether oxygens (including phenoxy) is 1. The molecule has 0 amide bonds. The number of nitrogens with one attached hydrogen (secondary N) is 1. The molecule has 1 aromatic carbocycles. The van der Waals surface area contributed by atoms with Crippen LogP contribution in [0.5, 0.6) is 5.75 Å². The first-order valence-electron chi connectivity index (χ1n) is 5.59. The molecular formula is C12H16BrF2NO2. The van der Waals surface area contributed by atoms with Crippen LogP contribution in [0.4, 0.5) is 8.78 Å². The molecule has 0 radical (unpaired) electrons. The Hall–Kier alpha value is -0.720. The van der Waals surface area contributed by atoms with Gasteiger partial charge < -0.3 is 15.2 Å². The summed E-state index contributed by atoms with van der Waals surface area (Å²) in [6, 6.07) is 2.44. The van der Waals surface area contributed by atoms with Gasteiger partial charge in [-0.3, -0.25) is 0 Å². The third-order valence-corrected chi connectivity index (χ3v) is 2.60. The summed E-state index contributed by atoms with van der Waals surface area (Å²) < 4.78 is 32.0. The average Bonchev–Trinajstić information content (AvgIpc) is 2.24. The van der Waals surface area contributed by atoms with Crippen molar-refractivity contribution in [2.75, 3.05) is 13.2 Å². The largest absolute Gasteiger partial charge is 0.485 e. The van der Waals surface area contributed by atoms with Crippen LogP contribution in [-0.4, -0.2) is 30.4 Å². The Labute approximate surface area is 113 Å². The van der Waals surface area contributed by atoms with Crippen molar-refractivity contribution in [1.29, 1.82) is 0 Å². The lowest BCUT2D eigenvalue weighted by molar-refractivity contribution is 0.0998. The van der Waals surface area contributed by atoms with Crippen molar-refractivity contribution in [3.05, 3.63) is 28.2 Å². The second-order valence-corrected chi connectivity index (χ2v) is 5.14. The Morgan fingerprint density at radius 2 is 1.89 bits per heavy atom. The molecule has 0 aromatic heterocycles. The van der Waals surface area contributed by atoms with Crippen LogP contribution < -0.4 is 10.1 Å². The molecule has 0 unspecified atom stereocenters. The lowest BCUT2D eigenvalue weighted by Gasteiger charge is -2.15. The van der Waals surface area contributed by atoms with E-state index in [1.807, 2.05) is 13.8 Å². The van der Waals surface area contributed by atoms with Gasteiger partial charge in [0.2, 0.25) is 0 Å². The molecule has 0 spiro atoms. The quantitative estimate of drug-likeness (QED) is 0.845. The molecule has 1 rings (SSSR count). The summed E-state index contributed by atoms with van der Waals surface area (Å²) in [6.07, 6.45) is -0.824. The molecule has 3 nitrogen and oxygen atoms in total. The van der Waals surface area contributed by atoms with Gasteiger partial charge in [0, 0.05) is 17.1 Å². The van der Waals surface area contributed by atoms with Gasteiger partial charge in [-0.25, -0.2) is 8.78 Å². The van der Waals surface area contributed by atoms with Crippen LogP contribution >= 0.6 is 15.9 Å². The summed E-state index contributed by atoms with van der Waals surface area (Å²) in [4.78, 5) is 0. The number of hydrogen-bond acceptors (Lipinski definition) is 3. The van der Waals surface area contributed by atoms with E-state index >= 15 is 0 Å². The fraction of sp³-hybridized carbons (Fsp3) is 0.500. The molecule has 1 atom stereocenters. The summed E-state index contributed by atoms with van der Waals surface area (Å²) in [5, 5.41) is 12.5. The maximum Gasteiger partial charge on any atom is 0.190 e. The van der Waals surface area contributed by atoms with E-state index < -0.39 is 23.5 Å². The molecular weight excluding hydrogens is 308 g/mol. The van der Waals surface area contributed by atoms with E-state index in [0.717, 1.165) is 12.1 Å². The number of benzene rings is 1. The van der Waals surface area contributed by atoms with Crippen molar-refractivity contribution in [1.82, 2.24) is 5.32 Å². The van der Waals surface area contributed by atoms with E-state index in [2.05, 4.69) is 21.2 Å². The highest BCUT2D eigenvalue weighted by molar-refractivity contribution is 9.10. The van der Waals surface area contributed by atoms with Crippen molar-refractivity contribution in [2.24, 2.45) is 0 Å². The maximum absolute atomic E-state index is 13.4. The summed E-state index contributed by atoms with van der Waals surface area (Å²) in [6.45, 7) is 4.00. The minimum absolute atomic E-state index is 0.171. The van der Waals surface area contributed by atoms with E-state index in [1.165, 1.54) is 0 Å². The molecule has 0 saturated heterocycles. The van der Waals surface area contributed by atoms with Gasteiger partial charge in [0.05, 0.1) is 0 Å². The molecule has 102 valence electrons. The average molecular weight is 324 g/mol. The topological polar surface area (TPSA) is 41.5 Å². The Bertz CT molecular complexity index is 379. The highest BCUT2D eigenvalue weighted by Gasteiger charge is 2.14. The van der Waals surface area contributed by atoms with Crippen LogP contribution in [0.3, 0.4) is 0 Å². The standard InChI is InChI=1S/C12H16BrF2NO2/c1-7(2)16-5-9(17)6-18-12-10(14)3-8(13)4-11(12)15/h3-4,7,9,16-17H,5-6H2,1-2H3/t9-/m0/s1. The van der Waals surface area contributed by atoms with E-state index in [9.17, 15) is 13.9 Å². The van der Waals surface area contributed by atoms with Gasteiger partial charge in [-0.2, -0.15) is 0 Å². The van der Waals surface area contributed by atoms with Crippen LogP contribution in [0.2, 0.25) is 0 Å². The summed E-state index contributed by atoms with van der Waals surface area (Å²) >= 11 is 2.97. The van der Waals surface area contributed by atoms with E-state index in [4.69, 9.17) is 4.74 Å². The zero-order valence-electron chi connectivity index (χ0n) is 10.2. The van der Waals surface area contributed by atoms with Crippen LogP contribution in [0.1, 0.15) is 13.8 Å². The highest BCUT2D eigenvalue weighted by atomic mass is 79.9. The zero-order chi connectivity index (χ0) is 13.7. The Morgan fingerprint density at radius 3 is 2.39 bits per heavy atom. The molecule has 0 aliphatic carbocycles. The molecule has 0 aliphatic rings. The van der Waals surface area contributed by atoms with E-state index in [-0.39, 0.29) is 12.6 Å². The number of aliphatic hydroxyl groups excluding tert-OH is 1. The number of aliphatic hydroxyl groups is 1. The van der Waals surface area contributed by atoms with Gasteiger partial charge in [0.1, 0.15) is 12.7 Å². The summed E-state index contributed by atoms with van der Waals surface area (Å²) in [7, 11) is 0. The molecule has 0 bridgehead atoms. The summed E-state index contributed by atoms with van der Waals surface area (Å²) in [5.74, 6) is -2.07. The predicted molar refractivity (Wildman–Crippen MR) is 68.7 cm³/mol. The molecule has 0 heterocycles. The monoisotopic (exact) mass is 323 g/mol. The molecule has 0 saturated carbocycles. The van der Waals surface area contributed by atoms with Gasteiger partial charge in [-0.1, -0.05) is 29.8 Å². The maximum atomic E-state index is 13.4. The van der Waals surface area contributed by atoms with E-state index in [0.29, 0.717) is 11.0 Å². The van der Waals surface area contributed by atoms with Crippen molar-refractivity contribution in [2.45, 2.75) is 26.0 Å². The normalized spacial score (nSPS) is 12.8. The van der Waals surface area contributed by atoms with Crippen molar-refractivity contribution >= 4 is 15.9 Å². The number of hydrogen-bond donors (Lipinski definition) is 2. The van der Waals surface area contributed by atoms with Crippen LogP contribution in [0.15, 0.2) is 16.6 Å². The Morgan fingerprint density at radius 1 is 1.33 bits per heavy atom. The van der Waals surface area contributed by atoms with E-state index in [1.54, 1.807) is 0 Å². The second-order valence-electron chi connectivity index (χ2n) is 4.23. The first kappa shape index (κ1) is 15.3. The van der Waals surface area contributed by atoms with Crippen molar-refractivity contribution in [3.8, 4) is 5.75 Å². The zero-order valence-corrected chi connectivity index (χ0v) is 11.8. The van der Waals surface area contributed by atoms with Crippen molar-refractivity contribution < 1.29 is 18.6 Å².